The van der Waals surface area contributed by atoms with E-state index in [-0.39, 0.29) is 18.8 Å². The summed E-state index contributed by atoms with van der Waals surface area (Å²) in [5.74, 6) is -9.16. The topological polar surface area (TPSA) is 332 Å². The summed E-state index contributed by atoms with van der Waals surface area (Å²) in [4.78, 5) is 105. The number of nitrogens with one attached hydrogen (secondary N) is 6. The second-order valence-electron chi connectivity index (χ2n) is 11.0. The Balaban J connectivity index is 3.23. The van der Waals surface area contributed by atoms with Gasteiger partial charge in [0, 0.05) is 24.7 Å². The number of amides is 5. The normalized spacial score (nSPS) is 14.8. The highest BCUT2D eigenvalue weighted by molar-refractivity contribution is 5.96. The number of nitrogens with zero attached hydrogens (tertiary/aromatic N) is 1. The maximum Gasteiger partial charge on any atom is 0.325 e. The Morgan fingerprint density at radius 1 is 0.766 bits per heavy atom. The quantitative estimate of drug-likeness (QED) is 0.0597. The molecular weight excluding hydrogens is 628 g/mol. The van der Waals surface area contributed by atoms with Crippen molar-refractivity contribution in [2.24, 2.45) is 11.7 Å². The monoisotopic (exact) mass is 670 g/mol. The number of hydrogen-bond donors (Lipinski definition) is 11. The lowest BCUT2D eigenvalue weighted by molar-refractivity contribution is -0.142. The lowest BCUT2D eigenvalue weighted by atomic mass is 10.0. The Kier molecular flexibility index (Phi) is 16.5. The number of carbonyl (C=O) groups excluding carboxylic acids is 5. The van der Waals surface area contributed by atoms with Crippen molar-refractivity contribution in [1.29, 1.82) is 0 Å². The van der Waals surface area contributed by atoms with Crippen LogP contribution in [-0.2, 0) is 44.8 Å². The van der Waals surface area contributed by atoms with E-state index in [1.54, 1.807) is 13.8 Å². The molecule has 0 saturated carbocycles. The summed E-state index contributed by atoms with van der Waals surface area (Å²) in [7, 11) is 0. The van der Waals surface area contributed by atoms with Crippen molar-refractivity contribution in [2.75, 3.05) is 6.61 Å². The molecular formula is C27H42N8O12. The zero-order valence-electron chi connectivity index (χ0n) is 26.0. The number of imidazole rings is 1. The van der Waals surface area contributed by atoms with Gasteiger partial charge in [0.15, 0.2) is 0 Å². The number of carboxylic acids is 3. The van der Waals surface area contributed by atoms with E-state index < -0.39 is 110 Å². The first-order valence-electron chi connectivity index (χ1n) is 14.5. The van der Waals surface area contributed by atoms with Crippen LogP contribution in [0.1, 0.15) is 52.1 Å². The molecule has 0 saturated heterocycles. The molecule has 0 bridgehead atoms. The molecule has 0 unspecified atom stereocenters. The molecule has 0 aromatic carbocycles. The molecule has 12 N–H and O–H groups in total. The summed E-state index contributed by atoms with van der Waals surface area (Å²) in [6, 6.07) is -8.79. The number of carbonyl (C=O) groups is 8. The van der Waals surface area contributed by atoms with Crippen LogP contribution in [0.15, 0.2) is 12.5 Å². The van der Waals surface area contributed by atoms with E-state index in [2.05, 4.69) is 36.6 Å². The Hall–Kier alpha value is -5.11. The Labute approximate surface area is 268 Å². The van der Waals surface area contributed by atoms with Crippen LogP contribution < -0.4 is 32.3 Å². The summed E-state index contributed by atoms with van der Waals surface area (Å²) < 4.78 is 0. The van der Waals surface area contributed by atoms with Crippen LogP contribution in [0.3, 0.4) is 0 Å². The van der Waals surface area contributed by atoms with Crippen molar-refractivity contribution in [2.45, 2.75) is 89.1 Å². The first kappa shape index (κ1) is 39.9. The van der Waals surface area contributed by atoms with E-state index in [1.807, 2.05) is 0 Å². The van der Waals surface area contributed by atoms with Gasteiger partial charge in [-0.3, -0.25) is 38.4 Å². The number of aliphatic carboxylic acids is 3. The van der Waals surface area contributed by atoms with Gasteiger partial charge in [-0.2, -0.15) is 0 Å². The molecule has 5 amide bonds. The number of aromatic nitrogens is 2. The number of carboxylic acid groups (broad SMARTS) is 3. The van der Waals surface area contributed by atoms with Crippen molar-refractivity contribution in [3.05, 3.63) is 18.2 Å². The third-order valence-corrected chi connectivity index (χ3v) is 6.51. The van der Waals surface area contributed by atoms with Gasteiger partial charge in [0.2, 0.25) is 29.5 Å². The lowest BCUT2D eigenvalue weighted by Gasteiger charge is -2.27. The van der Waals surface area contributed by atoms with Crippen molar-refractivity contribution in [1.82, 2.24) is 36.6 Å². The minimum absolute atomic E-state index is 0.00282. The Morgan fingerprint density at radius 3 is 1.81 bits per heavy atom. The van der Waals surface area contributed by atoms with Crippen LogP contribution in [0.2, 0.25) is 0 Å². The Bertz CT molecular complexity index is 1270. The molecule has 0 aliphatic heterocycles. The minimum Gasteiger partial charge on any atom is -0.481 e. The molecule has 0 fully saturated rings. The van der Waals surface area contributed by atoms with Crippen molar-refractivity contribution >= 4 is 47.4 Å². The standard InChI is InChI=1S/C27H42N8O12/c1-12(2)6-17(33-23(42)16(4-5-20(37)38)32-22(41)15(28)8-21(39)40)24(43)34-18(7-14-9-29-11-30-14)25(44)35-19(10-36)26(45)31-13(3)27(46)47/h9,11-13,15-19,36H,4-8,10,28H2,1-3H3,(H,29,30)(H,31,45)(H,32,41)(H,33,42)(H,34,43)(H,35,44)(H,37,38)(H,39,40)(H,46,47)/t13-,15-,16-,17-,18-,19-/m0/s1. The summed E-state index contributed by atoms with van der Waals surface area (Å²) in [6.45, 7) is 3.69. The molecule has 1 aromatic heterocycles. The fourth-order valence-electron chi connectivity index (χ4n) is 4.01. The molecule has 1 rings (SSSR count). The van der Waals surface area contributed by atoms with E-state index >= 15 is 0 Å². The van der Waals surface area contributed by atoms with Gasteiger partial charge in [-0.05, 0) is 25.7 Å². The van der Waals surface area contributed by atoms with E-state index in [0.717, 1.165) is 0 Å². The lowest BCUT2D eigenvalue weighted by Crippen LogP contribution is -2.60. The Morgan fingerprint density at radius 2 is 1.30 bits per heavy atom. The van der Waals surface area contributed by atoms with Gasteiger partial charge in [0.25, 0.3) is 0 Å². The van der Waals surface area contributed by atoms with Gasteiger partial charge in [0.05, 0.1) is 25.4 Å². The number of rotatable bonds is 21. The zero-order valence-corrected chi connectivity index (χ0v) is 26.0. The maximum absolute atomic E-state index is 13.5. The maximum atomic E-state index is 13.5. The summed E-state index contributed by atoms with van der Waals surface area (Å²) in [5.41, 5.74) is 5.93. The van der Waals surface area contributed by atoms with Gasteiger partial charge in [0.1, 0.15) is 30.2 Å². The molecule has 0 aliphatic rings. The van der Waals surface area contributed by atoms with Crippen LogP contribution in [-0.4, -0.2) is 121 Å². The number of aliphatic hydroxyl groups is 1. The second kappa shape index (κ2) is 19.4. The van der Waals surface area contributed by atoms with Gasteiger partial charge in [-0.1, -0.05) is 13.8 Å². The molecule has 0 aliphatic carbocycles. The second-order valence-corrected chi connectivity index (χ2v) is 11.0. The fourth-order valence-corrected chi connectivity index (χ4v) is 4.01. The average Bonchev–Trinajstić information content (AvgIpc) is 3.49. The SMILES string of the molecule is CC(C)C[C@H](NC(=O)[C@H](CCC(=O)O)NC(=O)[C@@H](N)CC(=O)O)C(=O)N[C@@H](Cc1cnc[nH]1)C(=O)N[C@@H](CO)C(=O)N[C@@H](C)C(=O)O. The van der Waals surface area contributed by atoms with Crippen LogP contribution in [0.5, 0.6) is 0 Å². The molecule has 20 nitrogen and oxygen atoms in total. The predicted molar refractivity (Wildman–Crippen MR) is 159 cm³/mol. The molecule has 1 aromatic rings. The zero-order chi connectivity index (χ0) is 35.8. The first-order valence-corrected chi connectivity index (χ1v) is 14.5. The van der Waals surface area contributed by atoms with Crippen molar-refractivity contribution in [3.63, 3.8) is 0 Å². The highest BCUT2D eigenvalue weighted by atomic mass is 16.4. The first-order chi connectivity index (χ1) is 21.9. The molecule has 1 heterocycles. The van der Waals surface area contributed by atoms with E-state index in [1.165, 1.54) is 19.4 Å². The van der Waals surface area contributed by atoms with E-state index in [0.29, 0.717) is 5.69 Å². The van der Waals surface area contributed by atoms with Gasteiger partial charge in [-0.15, -0.1) is 0 Å². The minimum atomic E-state index is -1.59. The largest absolute Gasteiger partial charge is 0.481 e. The summed E-state index contributed by atoms with van der Waals surface area (Å²) in [6.07, 6.45) is 0.680. The third kappa shape index (κ3) is 14.7. The van der Waals surface area contributed by atoms with Gasteiger partial charge < -0.3 is 57.7 Å². The van der Waals surface area contributed by atoms with Crippen LogP contribution in [0.4, 0.5) is 0 Å². The van der Waals surface area contributed by atoms with Crippen molar-refractivity contribution < 1.29 is 58.8 Å². The number of H-pyrrole nitrogens is 1. The predicted octanol–water partition coefficient (Wildman–Crippen LogP) is -3.81. The third-order valence-electron chi connectivity index (χ3n) is 6.51. The highest BCUT2D eigenvalue weighted by Gasteiger charge is 2.33. The van der Waals surface area contributed by atoms with Gasteiger partial charge in [-0.25, -0.2) is 4.98 Å². The van der Waals surface area contributed by atoms with Crippen LogP contribution >= 0.6 is 0 Å². The summed E-state index contributed by atoms with van der Waals surface area (Å²) >= 11 is 0. The number of hydrogen-bond acceptors (Lipinski definition) is 11. The highest BCUT2D eigenvalue weighted by Crippen LogP contribution is 2.09. The van der Waals surface area contributed by atoms with Gasteiger partial charge >= 0.3 is 17.9 Å². The molecule has 262 valence electrons. The molecule has 47 heavy (non-hydrogen) atoms. The average molecular weight is 671 g/mol. The summed E-state index contributed by atoms with van der Waals surface area (Å²) in [5, 5.41) is 48.2. The van der Waals surface area contributed by atoms with Crippen LogP contribution in [0, 0.1) is 5.92 Å². The molecule has 0 spiro atoms. The van der Waals surface area contributed by atoms with E-state index in [4.69, 9.17) is 21.1 Å². The smallest absolute Gasteiger partial charge is 0.325 e. The number of aliphatic hydroxyl groups excluding tert-OH is 1. The van der Waals surface area contributed by atoms with E-state index in [9.17, 15) is 43.5 Å². The molecule has 20 heteroatoms. The molecule has 6 atom stereocenters. The van der Waals surface area contributed by atoms with Crippen molar-refractivity contribution in [3.8, 4) is 0 Å². The van der Waals surface area contributed by atoms with Crippen LogP contribution in [0.25, 0.3) is 0 Å². The fraction of sp³-hybridized carbons (Fsp3) is 0.593. The number of nitrogens with two attached hydrogens (primary N) is 1. The number of aromatic amines is 1. The molecule has 0 radical (unpaired) electrons.